The molecule has 6 nitrogen and oxygen atoms in total. The van der Waals surface area contributed by atoms with Crippen LogP contribution >= 0.6 is 0 Å². The number of methoxy groups -OCH3 is 2. The Morgan fingerprint density at radius 3 is 2.44 bits per heavy atom. The maximum atomic E-state index is 12.5. The molecule has 1 amide bonds. The molecule has 1 atom stereocenters. The highest BCUT2D eigenvalue weighted by atomic mass is 16.5. The summed E-state index contributed by atoms with van der Waals surface area (Å²) in [6.45, 7) is 5.04. The summed E-state index contributed by atoms with van der Waals surface area (Å²) in [7, 11) is 3.20. The first kappa shape index (κ1) is 20.6. The van der Waals surface area contributed by atoms with E-state index in [1.54, 1.807) is 32.4 Å². The van der Waals surface area contributed by atoms with E-state index in [1.165, 1.54) is 0 Å². The number of para-hydroxylation sites is 2. The lowest BCUT2D eigenvalue weighted by atomic mass is 10.1. The van der Waals surface area contributed by atoms with Crippen LogP contribution in [0.3, 0.4) is 0 Å². The van der Waals surface area contributed by atoms with Gasteiger partial charge in [-0.15, -0.1) is 0 Å². The van der Waals surface area contributed by atoms with Gasteiger partial charge in [-0.25, -0.2) is 0 Å². The predicted octanol–water partition coefficient (Wildman–Crippen LogP) is 3.44. The molecule has 0 radical (unpaired) electrons. The molecule has 1 N–H and O–H groups in total. The average molecular weight is 373 g/mol. The zero-order valence-electron chi connectivity index (χ0n) is 16.3. The van der Waals surface area contributed by atoms with Crippen LogP contribution in [-0.2, 0) is 11.3 Å². The summed E-state index contributed by atoms with van der Waals surface area (Å²) in [5, 5.41) is 2.90. The van der Waals surface area contributed by atoms with Crippen LogP contribution in [0, 0.1) is 0 Å². The van der Waals surface area contributed by atoms with Crippen molar-refractivity contribution < 1.29 is 23.7 Å². The summed E-state index contributed by atoms with van der Waals surface area (Å²) < 4.78 is 21.9. The van der Waals surface area contributed by atoms with Crippen LogP contribution in [0.5, 0.6) is 17.2 Å². The number of hydrogen-bond donors (Lipinski definition) is 1. The molecule has 2 aromatic rings. The molecule has 0 unspecified atom stereocenters. The third kappa shape index (κ3) is 5.89. The number of amides is 1. The van der Waals surface area contributed by atoms with Gasteiger partial charge in [0.05, 0.1) is 20.3 Å². The Hall–Kier alpha value is -2.73. The standard InChI is InChI=1S/C21H27NO5/c1-5-26-18-11-10-16(21(23)22-15(2)13-24-3)12-17(18)14-27-20-9-7-6-8-19(20)25-4/h6-12,15H,5,13-14H2,1-4H3,(H,22,23)/t15-/m0/s1. The Morgan fingerprint density at radius 1 is 1.04 bits per heavy atom. The molecular weight excluding hydrogens is 346 g/mol. The van der Waals surface area contributed by atoms with Crippen molar-refractivity contribution in [3.8, 4) is 17.2 Å². The zero-order chi connectivity index (χ0) is 19.6. The molecule has 0 aliphatic rings. The highest BCUT2D eigenvalue weighted by Crippen LogP contribution is 2.28. The van der Waals surface area contributed by atoms with Crippen LogP contribution in [0.15, 0.2) is 42.5 Å². The van der Waals surface area contributed by atoms with Crippen LogP contribution in [-0.4, -0.2) is 39.4 Å². The Kier molecular flexibility index (Phi) is 7.95. The van der Waals surface area contributed by atoms with Crippen LogP contribution in [0.25, 0.3) is 0 Å². The second-order valence-corrected chi connectivity index (χ2v) is 6.02. The first-order valence-corrected chi connectivity index (χ1v) is 8.90. The lowest BCUT2D eigenvalue weighted by Crippen LogP contribution is -2.35. The molecule has 2 aromatic carbocycles. The molecule has 0 bridgehead atoms. The molecule has 6 heteroatoms. The molecule has 0 heterocycles. The summed E-state index contributed by atoms with van der Waals surface area (Å²) in [6.07, 6.45) is 0. The Labute approximate surface area is 160 Å². The van der Waals surface area contributed by atoms with Crippen molar-refractivity contribution in [1.82, 2.24) is 5.32 Å². The summed E-state index contributed by atoms with van der Waals surface area (Å²) in [4.78, 5) is 12.5. The van der Waals surface area contributed by atoms with E-state index in [0.29, 0.717) is 36.0 Å². The molecule has 27 heavy (non-hydrogen) atoms. The number of ether oxygens (including phenoxy) is 4. The van der Waals surface area contributed by atoms with Crippen LogP contribution in [0.2, 0.25) is 0 Å². The van der Waals surface area contributed by atoms with Crippen molar-refractivity contribution in [3.05, 3.63) is 53.6 Å². The quantitative estimate of drug-likeness (QED) is 0.691. The SMILES string of the molecule is CCOc1ccc(C(=O)N[C@@H](C)COC)cc1COc1ccccc1OC. The van der Waals surface area contributed by atoms with E-state index in [9.17, 15) is 4.79 Å². The van der Waals surface area contributed by atoms with Crippen LogP contribution in [0.4, 0.5) is 0 Å². The van der Waals surface area contributed by atoms with Crippen LogP contribution < -0.4 is 19.5 Å². The topological polar surface area (TPSA) is 66.0 Å². The first-order chi connectivity index (χ1) is 13.1. The molecular formula is C21H27NO5. The van der Waals surface area contributed by atoms with Crippen molar-refractivity contribution in [2.45, 2.75) is 26.5 Å². The van der Waals surface area contributed by atoms with Gasteiger partial charge in [0, 0.05) is 24.3 Å². The second-order valence-electron chi connectivity index (χ2n) is 6.02. The largest absolute Gasteiger partial charge is 0.493 e. The van der Waals surface area contributed by atoms with E-state index in [1.807, 2.05) is 38.1 Å². The van der Waals surface area contributed by atoms with Gasteiger partial charge in [0.15, 0.2) is 11.5 Å². The number of rotatable bonds is 10. The summed E-state index contributed by atoms with van der Waals surface area (Å²) in [5.41, 5.74) is 1.33. The fourth-order valence-electron chi connectivity index (χ4n) is 2.62. The molecule has 0 saturated carbocycles. The maximum Gasteiger partial charge on any atom is 0.251 e. The molecule has 0 aliphatic carbocycles. The van der Waals surface area contributed by atoms with Gasteiger partial charge in [-0.1, -0.05) is 12.1 Å². The van der Waals surface area contributed by atoms with Crippen molar-refractivity contribution in [2.75, 3.05) is 27.4 Å². The van der Waals surface area contributed by atoms with Crippen molar-refractivity contribution in [3.63, 3.8) is 0 Å². The molecule has 0 fully saturated rings. The number of nitrogens with one attached hydrogen (secondary N) is 1. The van der Waals surface area contributed by atoms with Crippen molar-refractivity contribution in [1.29, 1.82) is 0 Å². The zero-order valence-corrected chi connectivity index (χ0v) is 16.3. The van der Waals surface area contributed by atoms with E-state index in [4.69, 9.17) is 18.9 Å². The average Bonchev–Trinajstić information content (AvgIpc) is 2.67. The normalized spacial score (nSPS) is 11.6. The maximum absolute atomic E-state index is 12.5. The monoisotopic (exact) mass is 373 g/mol. The minimum absolute atomic E-state index is 0.0812. The van der Waals surface area contributed by atoms with Gasteiger partial charge in [0.25, 0.3) is 5.91 Å². The Bertz CT molecular complexity index is 747. The van der Waals surface area contributed by atoms with E-state index in [0.717, 1.165) is 5.56 Å². The van der Waals surface area contributed by atoms with Gasteiger partial charge in [0.1, 0.15) is 12.4 Å². The first-order valence-electron chi connectivity index (χ1n) is 8.90. The fraction of sp³-hybridized carbons (Fsp3) is 0.381. The smallest absolute Gasteiger partial charge is 0.251 e. The number of hydrogen-bond acceptors (Lipinski definition) is 5. The van der Waals surface area contributed by atoms with E-state index in [-0.39, 0.29) is 18.6 Å². The molecule has 0 aromatic heterocycles. The fourth-order valence-corrected chi connectivity index (χ4v) is 2.62. The summed E-state index contributed by atoms with van der Waals surface area (Å²) >= 11 is 0. The highest BCUT2D eigenvalue weighted by Gasteiger charge is 2.14. The van der Waals surface area contributed by atoms with Gasteiger partial charge in [-0.2, -0.15) is 0 Å². The number of carbonyl (C=O) groups is 1. The molecule has 0 spiro atoms. The van der Waals surface area contributed by atoms with Crippen molar-refractivity contribution in [2.24, 2.45) is 0 Å². The highest BCUT2D eigenvalue weighted by molar-refractivity contribution is 5.94. The van der Waals surface area contributed by atoms with Gasteiger partial charge in [0.2, 0.25) is 0 Å². The van der Waals surface area contributed by atoms with E-state index in [2.05, 4.69) is 5.32 Å². The number of benzene rings is 2. The lowest BCUT2D eigenvalue weighted by Gasteiger charge is -2.16. The Balaban J connectivity index is 2.18. The predicted molar refractivity (Wildman–Crippen MR) is 104 cm³/mol. The molecule has 0 saturated heterocycles. The third-order valence-corrected chi connectivity index (χ3v) is 3.87. The van der Waals surface area contributed by atoms with Crippen molar-refractivity contribution >= 4 is 5.91 Å². The molecule has 2 rings (SSSR count). The molecule has 146 valence electrons. The minimum Gasteiger partial charge on any atom is -0.493 e. The second kappa shape index (κ2) is 10.4. The number of carbonyl (C=O) groups excluding carboxylic acids is 1. The van der Waals surface area contributed by atoms with Crippen LogP contribution in [0.1, 0.15) is 29.8 Å². The minimum atomic E-state index is -0.166. The van der Waals surface area contributed by atoms with Gasteiger partial charge >= 0.3 is 0 Å². The van der Waals surface area contributed by atoms with E-state index < -0.39 is 0 Å². The molecule has 0 aliphatic heterocycles. The third-order valence-electron chi connectivity index (χ3n) is 3.87. The summed E-state index contributed by atoms with van der Waals surface area (Å²) in [5.74, 6) is 1.80. The Morgan fingerprint density at radius 2 is 1.78 bits per heavy atom. The van der Waals surface area contributed by atoms with E-state index >= 15 is 0 Å². The van der Waals surface area contributed by atoms with Gasteiger partial charge in [-0.3, -0.25) is 4.79 Å². The van der Waals surface area contributed by atoms with Gasteiger partial charge in [-0.05, 0) is 44.2 Å². The summed E-state index contributed by atoms with van der Waals surface area (Å²) in [6, 6.07) is 12.7. The lowest BCUT2D eigenvalue weighted by molar-refractivity contribution is 0.0905. The van der Waals surface area contributed by atoms with Gasteiger partial charge < -0.3 is 24.3 Å².